The first kappa shape index (κ1) is 42.2. The quantitative estimate of drug-likeness (QED) is 0.0648. The van der Waals surface area contributed by atoms with Crippen LogP contribution < -0.4 is 21.6 Å². The van der Waals surface area contributed by atoms with E-state index < -0.39 is 75.8 Å². The standard InChI is InChI=1S/C14H24N4O9S.C14H24N4O6/c1-14(2,3)26-12(20)15-6-7-25-16-11(19)10-5-4-9-8-17(10)13(21)18(9)27-28(22,23)24;1-14(2,3)24-12(20)15-6-7-23-16-11(19)10-5-4-9-8-17(10)13(21)18(9)22/h9-10H,4-8H2,1-3H3,(H,15,20)(H,16,19)(H,22,23,24);9-10,22H,4-8H2,1-3H3,(H,15,20)(H,16,19)/t2*9-,10+/m11/s1. The summed E-state index contributed by atoms with van der Waals surface area (Å²) in [5, 5.41) is 15.7. The fourth-order valence-corrected chi connectivity index (χ4v) is 5.83. The number of ether oxygens (including phenoxy) is 2. The fourth-order valence-electron chi connectivity index (χ4n) is 5.44. The van der Waals surface area contributed by atoms with Crippen LogP contribution in [0.4, 0.5) is 19.2 Å². The Bertz CT molecular complexity index is 1440. The van der Waals surface area contributed by atoms with Crippen molar-refractivity contribution < 1.29 is 70.4 Å². The van der Waals surface area contributed by atoms with Crippen LogP contribution in [0.3, 0.4) is 0 Å². The second-order valence-corrected chi connectivity index (χ2v) is 15.0. The Morgan fingerprint density at radius 2 is 1.15 bits per heavy atom. The molecular formula is C28H48N8O15S. The maximum absolute atomic E-state index is 12.2. The summed E-state index contributed by atoms with van der Waals surface area (Å²) in [6.07, 6.45) is 0.378. The topological polar surface area (TPSA) is 284 Å². The lowest BCUT2D eigenvalue weighted by Crippen LogP contribution is -2.50. The van der Waals surface area contributed by atoms with Gasteiger partial charge in [-0.2, -0.15) is 13.5 Å². The number of urea groups is 2. The summed E-state index contributed by atoms with van der Waals surface area (Å²) in [5.41, 5.74) is 3.24. The minimum Gasteiger partial charge on any atom is -0.444 e. The van der Waals surface area contributed by atoms with Crippen molar-refractivity contribution in [1.82, 2.24) is 41.5 Å². The molecule has 4 aliphatic rings. The second kappa shape index (κ2) is 17.5. The van der Waals surface area contributed by atoms with Crippen molar-refractivity contribution in [2.45, 2.75) is 103 Å². The molecule has 0 radical (unpaired) electrons. The van der Waals surface area contributed by atoms with Gasteiger partial charge in [-0.15, -0.1) is 4.28 Å². The van der Waals surface area contributed by atoms with E-state index in [1.54, 1.807) is 41.5 Å². The van der Waals surface area contributed by atoms with Crippen LogP contribution in [0.2, 0.25) is 0 Å². The highest BCUT2D eigenvalue weighted by molar-refractivity contribution is 7.80. The van der Waals surface area contributed by atoms with Gasteiger partial charge in [0, 0.05) is 26.2 Å². The van der Waals surface area contributed by atoms with Crippen molar-refractivity contribution in [3.8, 4) is 0 Å². The van der Waals surface area contributed by atoms with E-state index in [1.807, 2.05) is 0 Å². The summed E-state index contributed by atoms with van der Waals surface area (Å²) in [4.78, 5) is 83.7. The number of hydrogen-bond acceptors (Lipinski definition) is 14. The highest BCUT2D eigenvalue weighted by Crippen LogP contribution is 2.31. The number of hydroxylamine groups is 6. The molecule has 296 valence electrons. The number of rotatable bonds is 12. The van der Waals surface area contributed by atoms with Crippen LogP contribution in [-0.4, -0.2) is 149 Å². The molecule has 23 nitrogen and oxygen atoms in total. The van der Waals surface area contributed by atoms with Gasteiger partial charge in [0.1, 0.15) is 23.3 Å². The highest BCUT2D eigenvalue weighted by atomic mass is 32.3. The van der Waals surface area contributed by atoms with Gasteiger partial charge in [-0.05, 0) is 67.2 Å². The molecule has 52 heavy (non-hydrogen) atoms. The largest absolute Gasteiger partial charge is 0.444 e. The van der Waals surface area contributed by atoms with E-state index in [9.17, 15) is 42.4 Å². The van der Waals surface area contributed by atoms with Crippen molar-refractivity contribution in [3.05, 3.63) is 0 Å². The molecule has 6 N–H and O–H groups in total. The highest BCUT2D eigenvalue weighted by Gasteiger charge is 2.49. The summed E-state index contributed by atoms with van der Waals surface area (Å²) in [5.74, 6) is -1.05. The predicted molar refractivity (Wildman–Crippen MR) is 173 cm³/mol. The molecule has 4 fully saturated rings. The molecule has 8 amide bonds. The zero-order valence-electron chi connectivity index (χ0n) is 29.8. The summed E-state index contributed by atoms with van der Waals surface area (Å²) in [6.45, 7) is 11.1. The minimum atomic E-state index is -4.85. The molecule has 4 heterocycles. The predicted octanol–water partition coefficient (Wildman–Crippen LogP) is -0.221. The Kier molecular flexibility index (Phi) is 14.2. The van der Waals surface area contributed by atoms with Gasteiger partial charge in [0.15, 0.2) is 0 Å². The molecule has 0 aromatic carbocycles. The molecule has 24 heteroatoms. The van der Waals surface area contributed by atoms with Crippen molar-refractivity contribution >= 4 is 46.5 Å². The van der Waals surface area contributed by atoms with E-state index in [-0.39, 0.29) is 45.3 Å². The van der Waals surface area contributed by atoms with Gasteiger partial charge in [-0.1, -0.05) is 0 Å². The fraction of sp³-hybridized carbons (Fsp3) is 0.786. The van der Waals surface area contributed by atoms with Crippen LogP contribution in [0.25, 0.3) is 0 Å². The Labute approximate surface area is 300 Å². The van der Waals surface area contributed by atoms with E-state index in [4.69, 9.17) is 23.7 Å². The first-order valence-electron chi connectivity index (χ1n) is 16.4. The van der Waals surface area contributed by atoms with E-state index >= 15 is 0 Å². The van der Waals surface area contributed by atoms with Crippen molar-refractivity contribution in [3.63, 3.8) is 0 Å². The lowest BCUT2D eigenvalue weighted by atomic mass is 10.0. The average molecular weight is 769 g/mol. The molecule has 4 saturated heterocycles. The third kappa shape index (κ3) is 12.8. The van der Waals surface area contributed by atoms with Gasteiger partial charge in [0.2, 0.25) is 0 Å². The number of fused-ring (bicyclic) bond motifs is 4. The molecule has 0 aromatic rings. The molecule has 0 aliphatic carbocycles. The van der Waals surface area contributed by atoms with Crippen LogP contribution in [0.15, 0.2) is 0 Å². The van der Waals surface area contributed by atoms with Crippen LogP contribution in [0.5, 0.6) is 0 Å². The molecule has 0 unspecified atom stereocenters. The summed E-state index contributed by atoms with van der Waals surface area (Å²) in [7, 11) is -4.85. The number of nitrogens with zero attached hydrogens (tertiary/aromatic N) is 4. The molecule has 4 aliphatic heterocycles. The zero-order valence-corrected chi connectivity index (χ0v) is 30.6. The van der Waals surface area contributed by atoms with Crippen LogP contribution >= 0.6 is 0 Å². The average Bonchev–Trinajstić information content (AvgIpc) is 3.37. The number of amides is 8. The molecule has 4 bridgehead atoms. The lowest BCUT2D eigenvalue weighted by molar-refractivity contribution is -0.139. The number of carbonyl (C=O) groups is 6. The Hall–Kier alpha value is -4.23. The van der Waals surface area contributed by atoms with Crippen molar-refractivity contribution in [2.75, 3.05) is 39.4 Å². The molecule has 4 atom stereocenters. The molecule has 0 spiro atoms. The lowest BCUT2D eigenvalue weighted by Gasteiger charge is -2.28. The number of nitrogens with one attached hydrogen (secondary N) is 4. The van der Waals surface area contributed by atoms with E-state index in [0.717, 1.165) is 4.90 Å². The number of alkyl carbamates (subject to hydrolysis) is 2. The van der Waals surface area contributed by atoms with Crippen LogP contribution in [0, 0.1) is 0 Å². The molecule has 0 saturated carbocycles. The summed E-state index contributed by atoms with van der Waals surface area (Å²) >= 11 is 0. The number of carbonyl (C=O) groups excluding carboxylic acids is 6. The van der Waals surface area contributed by atoms with Crippen LogP contribution in [0.1, 0.15) is 67.2 Å². The molecular weight excluding hydrogens is 720 g/mol. The van der Waals surface area contributed by atoms with Crippen molar-refractivity contribution in [2.24, 2.45) is 0 Å². The third-order valence-corrected chi connectivity index (χ3v) is 7.89. The van der Waals surface area contributed by atoms with E-state index in [2.05, 4.69) is 25.9 Å². The van der Waals surface area contributed by atoms with Gasteiger partial charge < -0.3 is 29.9 Å². The SMILES string of the molecule is CC(C)(C)OC(=O)NCCONC(=O)[C@@H]1CC[C@@H]2CN1C(=O)N2O.CC(C)(C)OC(=O)NCCONC(=O)[C@@H]1CC[C@@H]2CN1C(=O)N2OS(=O)(=O)O. The number of hydrogen-bond donors (Lipinski definition) is 6. The first-order chi connectivity index (χ1) is 24.1. The third-order valence-electron chi connectivity index (χ3n) is 7.54. The first-order valence-corrected chi connectivity index (χ1v) is 17.8. The van der Waals surface area contributed by atoms with E-state index in [1.165, 1.54) is 4.90 Å². The molecule has 0 aromatic heterocycles. The maximum atomic E-state index is 12.2. The van der Waals surface area contributed by atoms with Gasteiger partial charge >= 0.3 is 34.6 Å². The van der Waals surface area contributed by atoms with Gasteiger partial charge in [0.25, 0.3) is 11.8 Å². The Morgan fingerprint density at radius 3 is 1.60 bits per heavy atom. The van der Waals surface area contributed by atoms with Gasteiger partial charge in [0.05, 0.1) is 25.3 Å². The Balaban J connectivity index is 0.000000284. The minimum absolute atomic E-state index is 0.0354. The monoisotopic (exact) mass is 768 g/mol. The summed E-state index contributed by atoms with van der Waals surface area (Å²) in [6, 6.07) is -3.78. The molecule has 4 rings (SSSR count). The zero-order chi connectivity index (χ0) is 39.0. The van der Waals surface area contributed by atoms with Gasteiger partial charge in [-0.3, -0.25) is 29.0 Å². The van der Waals surface area contributed by atoms with E-state index in [0.29, 0.717) is 35.9 Å². The normalized spacial score (nSPS) is 22.7. The smallest absolute Gasteiger partial charge is 0.418 e. The summed E-state index contributed by atoms with van der Waals surface area (Å²) < 4.78 is 44.8. The number of piperidine rings is 2. The van der Waals surface area contributed by atoms with Crippen LogP contribution in [-0.2, 0) is 43.4 Å². The maximum Gasteiger partial charge on any atom is 0.418 e. The van der Waals surface area contributed by atoms with Gasteiger partial charge in [-0.25, -0.2) is 35.2 Å². The Morgan fingerprint density at radius 1 is 0.731 bits per heavy atom. The second-order valence-electron chi connectivity index (χ2n) is 14.0. The van der Waals surface area contributed by atoms with Crippen molar-refractivity contribution in [1.29, 1.82) is 0 Å².